The van der Waals surface area contributed by atoms with Gasteiger partial charge in [0.05, 0.1) is 25.7 Å². The van der Waals surface area contributed by atoms with Crippen LogP contribution >= 0.6 is 19.0 Å². The molecule has 0 bridgehead atoms. The first-order chi connectivity index (χ1) is 5.43. The molecule has 0 aromatic carbocycles. The molecule has 0 spiro atoms. The Morgan fingerprint density at radius 1 is 1.73 bits per heavy atom. The van der Waals surface area contributed by atoms with Gasteiger partial charge in [-0.15, -0.1) is 0 Å². The van der Waals surface area contributed by atoms with Crippen molar-refractivity contribution in [3.63, 3.8) is 0 Å². The average molecular weight is 191 g/mol. The highest BCUT2D eigenvalue weighted by atomic mass is 32.7. The van der Waals surface area contributed by atoms with E-state index in [1.807, 2.05) is 6.07 Å². The van der Waals surface area contributed by atoms with Gasteiger partial charge in [0, 0.05) is 5.75 Å². The number of rotatable bonds is 3. The molecule has 1 heterocycles. The summed E-state index contributed by atoms with van der Waals surface area (Å²) < 4.78 is 10.6. The molecule has 1 saturated heterocycles. The lowest BCUT2D eigenvalue weighted by atomic mass is 10.5. The van der Waals surface area contributed by atoms with E-state index >= 15 is 0 Å². The minimum absolute atomic E-state index is 0.461. The van der Waals surface area contributed by atoms with Crippen LogP contribution in [0.5, 0.6) is 0 Å². The molecular weight excluding hydrogens is 181 g/mol. The van der Waals surface area contributed by atoms with E-state index < -0.39 is 7.58 Å². The fraction of sp³-hybridized carbons (Fsp3) is 0.833. The fourth-order valence-electron chi connectivity index (χ4n) is 0.615. The molecule has 62 valence electrons. The zero-order valence-electron chi connectivity index (χ0n) is 6.15. The summed E-state index contributed by atoms with van der Waals surface area (Å²) in [4.78, 5) is 0. The van der Waals surface area contributed by atoms with Crippen molar-refractivity contribution in [3.05, 3.63) is 0 Å². The first kappa shape index (κ1) is 9.28. The van der Waals surface area contributed by atoms with Gasteiger partial charge in [0.15, 0.2) is 0 Å². The Kier molecular flexibility index (Phi) is 4.89. The Labute approximate surface area is 71.7 Å². The normalized spacial score (nSPS) is 24.5. The van der Waals surface area contributed by atoms with Gasteiger partial charge in [-0.1, -0.05) is 11.4 Å². The van der Waals surface area contributed by atoms with Crippen molar-refractivity contribution >= 4 is 19.0 Å². The van der Waals surface area contributed by atoms with Crippen molar-refractivity contribution in [2.75, 3.05) is 19.0 Å². The lowest BCUT2D eigenvalue weighted by molar-refractivity contribution is 0.263. The molecule has 3 nitrogen and oxygen atoms in total. The van der Waals surface area contributed by atoms with Crippen LogP contribution in [0.25, 0.3) is 0 Å². The summed E-state index contributed by atoms with van der Waals surface area (Å²) in [5, 5.41) is 8.23. The third-order valence-electron chi connectivity index (χ3n) is 1.09. The molecule has 0 saturated carbocycles. The van der Waals surface area contributed by atoms with Gasteiger partial charge in [-0.2, -0.15) is 5.26 Å². The van der Waals surface area contributed by atoms with Crippen LogP contribution in [0.2, 0.25) is 0 Å². The first-order valence-corrected chi connectivity index (χ1v) is 6.26. The van der Waals surface area contributed by atoms with Gasteiger partial charge in [-0.25, -0.2) is 0 Å². The van der Waals surface area contributed by atoms with E-state index in [0.717, 1.165) is 18.8 Å². The van der Waals surface area contributed by atoms with Crippen molar-refractivity contribution in [2.45, 2.75) is 12.8 Å². The minimum Gasteiger partial charge on any atom is -0.326 e. The largest absolute Gasteiger partial charge is 0.326 e. The Morgan fingerprint density at radius 3 is 3.27 bits per heavy atom. The molecule has 1 rings (SSSR count). The molecule has 0 radical (unpaired) electrons. The van der Waals surface area contributed by atoms with Crippen LogP contribution in [0, 0.1) is 11.3 Å². The summed E-state index contributed by atoms with van der Waals surface area (Å²) in [6, 6.07) is 2.03. The summed E-state index contributed by atoms with van der Waals surface area (Å²) >= 11 is 1.72. The first-order valence-electron chi connectivity index (χ1n) is 3.49. The topological polar surface area (TPSA) is 42.2 Å². The van der Waals surface area contributed by atoms with Gasteiger partial charge in [0.2, 0.25) is 7.58 Å². The SMILES string of the molecule is N#CCCOP1OCCCS1. The molecule has 1 unspecified atom stereocenters. The number of nitrogens with zero attached hydrogens (tertiary/aromatic N) is 1. The zero-order chi connectivity index (χ0) is 7.94. The summed E-state index contributed by atoms with van der Waals surface area (Å²) in [5.41, 5.74) is 0. The lowest BCUT2D eigenvalue weighted by Crippen LogP contribution is -1.99. The highest BCUT2D eigenvalue weighted by molar-refractivity contribution is 8.52. The predicted octanol–water partition coefficient (Wildman–Crippen LogP) is 2.30. The highest BCUT2D eigenvalue weighted by Crippen LogP contribution is 2.54. The molecule has 0 N–H and O–H groups in total. The summed E-state index contributed by atoms with van der Waals surface area (Å²) in [6.45, 7) is 1.32. The van der Waals surface area contributed by atoms with Gasteiger partial charge in [0.1, 0.15) is 0 Å². The summed E-state index contributed by atoms with van der Waals surface area (Å²) in [6.07, 6.45) is 1.58. The van der Waals surface area contributed by atoms with E-state index in [2.05, 4.69) is 0 Å². The van der Waals surface area contributed by atoms with Gasteiger partial charge in [0.25, 0.3) is 0 Å². The molecule has 0 aliphatic carbocycles. The molecule has 0 amide bonds. The highest BCUT2D eigenvalue weighted by Gasteiger charge is 2.15. The molecule has 0 aromatic rings. The third kappa shape index (κ3) is 3.93. The molecule has 5 heteroatoms. The van der Waals surface area contributed by atoms with Crippen LogP contribution in [-0.2, 0) is 9.05 Å². The van der Waals surface area contributed by atoms with Gasteiger partial charge >= 0.3 is 0 Å². The number of hydrogen-bond acceptors (Lipinski definition) is 4. The zero-order valence-corrected chi connectivity index (χ0v) is 7.87. The monoisotopic (exact) mass is 191 g/mol. The van der Waals surface area contributed by atoms with E-state index in [4.69, 9.17) is 14.3 Å². The lowest BCUT2D eigenvalue weighted by Gasteiger charge is -2.19. The van der Waals surface area contributed by atoms with Crippen LogP contribution in [0.3, 0.4) is 0 Å². The summed E-state index contributed by atoms with van der Waals surface area (Å²) in [7, 11) is -0.718. The van der Waals surface area contributed by atoms with Crippen LogP contribution in [0.15, 0.2) is 0 Å². The quantitative estimate of drug-likeness (QED) is 0.507. The Balaban J connectivity index is 2.01. The van der Waals surface area contributed by atoms with E-state index in [9.17, 15) is 0 Å². The number of nitriles is 1. The van der Waals surface area contributed by atoms with Gasteiger partial charge in [-0.3, -0.25) is 0 Å². The van der Waals surface area contributed by atoms with Gasteiger partial charge < -0.3 is 9.05 Å². The molecular formula is C6H10NO2PS. The maximum Gasteiger partial charge on any atom is 0.238 e. The number of hydrogen-bond donors (Lipinski definition) is 0. The molecule has 11 heavy (non-hydrogen) atoms. The van der Waals surface area contributed by atoms with E-state index in [1.54, 1.807) is 11.4 Å². The standard InChI is InChI=1S/C6H10NO2PS/c7-3-1-4-8-10-9-5-2-6-11-10/h1-2,4-6H2. The second-order valence-electron chi connectivity index (χ2n) is 1.98. The second kappa shape index (κ2) is 5.79. The maximum atomic E-state index is 8.23. The summed E-state index contributed by atoms with van der Waals surface area (Å²) in [5.74, 6) is 1.12. The van der Waals surface area contributed by atoms with Crippen molar-refractivity contribution < 1.29 is 9.05 Å². The van der Waals surface area contributed by atoms with E-state index in [-0.39, 0.29) is 0 Å². The van der Waals surface area contributed by atoms with Crippen LogP contribution < -0.4 is 0 Å². The second-order valence-corrected chi connectivity index (χ2v) is 5.28. The van der Waals surface area contributed by atoms with E-state index in [0.29, 0.717) is 13.0 Å². The molecule has 1 atom stereocenters. The minimum atomic E-state index is -0.718. The van der Waals surface area contributed by atoms with Crippen LogP contribution in [-0.4, -0.2) is 19.0 Å². The van der Waals surface area contributed by atoms with Crippen LogP contribution in [0.4, 0.5) is 0 Å². The maximum absolute atomic E-state index is 8.23. The van der Waals surface area contributed by atoms with Crippen molar-refractivity contribution in [3.8, 4) is 6.07 Å². The van der Waals surface area contributed by atoms with Crippen molar-refractivity contribution in [1.82, 2.24) is 0 Å². The molecule has 1 aliphatic heterocycles. The Hall–Kier alpha value is 0.190. The van der Waals surface area contributed by atoms with Crippen LogP contribution in [0.1, 0.15) is 12.8 Å². The molecule has 1 fully saturated rings. The van der Waals surface area contributed by atoms with Crippen molar-refractivity contribution in [1.29, 1.82) is 5.26 Å². The van der Waals surface area contributed by atoms with Crippen molar-refractivity contribution in [2.24, 2.45) is 0 Å². The molecule has 0 aromatic heterocycles. The Morgan fingerprint density at radius 2 is 2.64 bits per heavy atom. The average Bonchev–Trinajstić information content (AvgIpc) is 2.07. The van der Waals surface area contributed by atoms with Gasteiger partial charge in [-0.05, 0) is 6.42 Å². The smallest absolute Gasteiger partial charge is 0.238 e. The third-order valence-corrected chi connectivity index (χ3v) is 4.37. The predicted molar refractivity (Wildman–Crippen MR) is 46.1 cm³/mol. The fourth-order valence-corrected chi connectivity index (χ4v) is 3.48. The molecule has 1 aliphatic rings. The van der Waals surface area contributed by atoms with E-state index in [1.165, 1.54) is 0 Å². The Bertz CT molecular complexity index is 144.